The van der Waals surface area contributed by atoms with Gasteiger partial charge in [0, 0.05) is 0 Å². The van der Waals surface area contributed by atoms with Crippen molar-refractivity contribution < 1.29 is 33.0 Å². The van der Waals surface area contributed by atoms with Crippen molar-refractivity contribution in [3.05, 3.63) is 0 Å². The van der Waals surface area contributed by atoms with Gasteiger partial charge in [-0.3, -0.25) is 0 Å². The van der Waals surface area contributed by atoms with Crippen LogP contribution in [0.25, 0.3) is 0 Å². The Hall–Kier alpha value is -1.41. The summed E-state index contributed by atoms with van der Waals surface area (Å²) in [4.78, 5) is 35.5. The maximum atomic E-state index is 12.2. The molecule has 0 aliphatic carbocycles. The fourth-order valence-corrected chi connectivity index (χ4v) is 2.90. The predicted molar refractivity (Wildman–Crippen MR) is 95.5 cm³/mol. The van der Waals surface area contributed by atoms with Gasteiger partial charge in [-0.05, 0) is 45.8 Å². The van der Waals surface area contributed by atoms with Gasteiger partial charge < -0.3 is 18.6 Å². The summed E-state index contributed by atoms with van der Waals surface area (Å²) in [5.41, 5.74) is 0. The van der Waals surface area contributed by atoms with E-state index in [0.29, 0.717) is 0 Å². The molecule has 0 aliphatic heterocycles. The van der Waals surface area contributed by atoms with E-state index in [1.165, 1.54) is 13.8 Å². The molecule has 0 aromatic rings. The van der Waals surface area contributed by atoms with Gasteiger partial charge in [-0.2, -0.15) is 0 Å². The maximum absolute atomic E-state index is 12.2. The van der Waals surface area contributed by atoms with Crippen LogP contribution in [0.15, 0.2) is 0 Å². The number of hydrogen-bond acceptors (Lipinski definition) is 7. The summed E-state index contributed by atoms with van der Waals surface area (Å²) in [5.74, 6) is -2.10. The predicted octanol–water partition coefficient (Wildman–Crippen LogP) is 2.82. The lowest BCUT2D eigenvalue weighted by Gasteiger charge is -2.37. The van der Waals surface area contributed by atoms with Gasteiger partial charge >= 0.3 is 17.9 Å². The molecule has 0 amide bonds. The molecule has 0 radical (unpaired) electrons. The second kappa shape index (κ2) is 9.33. The zero-order valence-electron chi connectivity index (χ0n) is 16.8. The monoisotopic (exact) mass is 376 g/mol. The molecule has 0 aromatic heterocycles. The van der Waals surface area contributed by atoms with Gasteiger partial charge in [0.25, 0.3) is 0 Å². The van der Waals surface area contributed by atoms with Gasteiger partial charge in [-0.15, -0.1) is 0 Å². The van der Waals surface area contributed by atoms with Gasteiger partial charge in [0.1, 0.15) is 6.10 Å². The zero-order valence-corrected chi connectivity index (χ0v) is 17.8. The summed E-state index contributed by atoms with van der Waals surface area (Å²) in [6.45, 7) is 16.5. The van der Waals surface area contributed by atoms with Crippen LogP contribution in [0.4, 0.5) is 0 Å². The van der Waals surface area contributed by atoms with E-state index in [1.54, 1.807) is 13.8 Å². The highest BCUT2D eigenvalue weighted by Crippen LogP contribution is 2.37. The second-order valence-corrected chi connectivity index (χ2v) is 12.2. The van der Waals surface area contributed by atoms with Crippen LogP contribution in [-0.2, 0) is 33.0 Å². The molecule has 3 unspecified atom stereocenters. The van der Waals surface area contributed by atoms with E-state index in [9.17, 15) is 14.4 Å². The summed E-state index contributed by atoms with van der Waals surface area (Å²) >= 11 is 0. The number of carbonyl (C=O) groups excluding carboxylic acids is 3. The van der Waals surface area contributed by atoms with E-state index >= 15 is 0 Å². The first-order valence-electron chi connectivity index (χ1n) is 8.48. The van der Waals surface area contributed by atoms with Crippen LogP contribution < -0.4 is 0 Å². The third-order valence-electron chi connectivity index (χ3n) is 4.15. The molecule has 8 heteroatoms. The molecule has 0 rings (SSSR count). The molecule has 3 atom stereocenters. The number of ether oxygens (including phenoxy) is 3. The highest BCUT2D eigenvalue weighted by molar-refractivity contribution is 6.74. The first kappa shape index (κ1) is 23.6. The Balaban J connectivity index is 4.63. The van der Waals surface area contributed by atoms with Crippen molar-refractivity contribution in [3.8, 4) is 0 Å². The van der Waals surface area contributed by atoms with Crippen molar-refractivity contribution >= 4 is 26.2 Å². The Morgan fingerprint density at radius 2 is 1.24 bits per heavy atom. The molecule has 25 heavy (non-hydrogen) atoms. The molecule has 0 aromatic carbocycles. The summed E-state index contributed by atoms with van der Waals surface area (Å²) in [6, 6.07) is 0. The fraction of sp³-hybridized carbons (Fsp3) is 0.824. The number of hydrogen-bond donors (Lipinski definition) is 0. The van der Waals surface area contributed by atoms with E-state index in [4.69, 9.17) is 18.6 Å². The van der Waals surface area contributed by atoms with Gasteiger partial charge in [0.15, 0.2) is 20.5 Å². The van der Waals surface area contributed by atoms with Gasteiger partial charge in [0.2, 0.25) is 0 Å². The lowest BCUT2D eigenvalue weighted by molar-refractivity contribution is -0.178. The lowest BCUT2D eigenvalue weighted by Crippen LogP contribution is -2.46. The molecule has 7 nitrogen and oxygen atoms in total. The highest BCUT2D eigenvalue weighted by atomic mass is 28.4. The Morgan fingerprint density at radius 1 is 0.840 bits per heavy atom. The molecular formula is C17H32O7Si. The molecular weight excluding hydrogens is 344 g/mol. The van der Waals surface area contributed by atoms with Crippen LogP contribution in [-0.4, -0.2) is 51.1 Å². The first-order valence-corrected chi connectivity index (χ1v) is 11.4. The summed E-state index contributed by atoms with van der Waals surface area (Å²) < 4.78 is 20.7. The third-order valence-corrected chi connectivity index (χ3v) is 8.70. The summed E-state index contributed by atoms with van der Waals surface area (Å²) in [6.07, 6.45) is -3.00. The van der Waals surface area contributed by atoms with Gasteiger partial charge in [0.05, 0.1) is 6.61 Å². The molecule has 0 heterocycles. The van der Waals surface area contributed by atoms with E-state index in [1.807, 2.05) is 13.1 Å². The molecule has 0 saturated carbocycles. The van der Waals surface area contributed by atoms with Crippen LogP contribution >= 0.6 is 0 Å². The highest BCUT2D eigenvalue weighted by Gasteiger charge is 2.40. The van der Waals surface area contributed by atoms with Crippen molar-refractivity contribution in [2.75, 3.05) is 6.61 Å². The first-order chi connectivity index (χ1) is 11.2. The average Bonchev–Trinajstić information content (AvgIpc) is 2.45. The van der Waals surface area contributed by atoms with Crippen molar-refractivity contribution in [1.29, 1.82) is 0 Å². The standard InChI is InChI=1S/C17H32O7Si/c1-10-21-14(18)11(2)22-15(19)12(3)23-16(20)13(4)24-25(8,9)17(5,6)7/h11-13H,10H2,1-9H3. The Bertz CT molecular complexity index is 482. The van der Waals surface area contributed by atoms with Crippen molar-refractivity contribution in [3.63, 3.8) is 0 Å². The molecule has 0 N–H and O–H groups in total. The third kappa shape index (κ3) is 7.56. The molecule has 0 saturated heterocycles. The van der Waals surface area contributed by atoms with Crippen LogP contribution in [0.1, 0.15) is 48.5 Å². The number of rotatable bonds is 8. The lowest BCUT2D eigenvalue weighted by atomic mass is 10.2. The Labute approximate surface area is 151 Å². The molecule has 0 spiro atoms. The smallest absolute Gasteiger partial charge is 0.347 e. The quantitative estimate of drug-likeness (QED) is 0.365. The van der Waals surface area contributed by atoms with Crippen LogP contribution in [0.5, 0.6) is 0 Å². The van der Waals surface area contributed by atoms with E-state index in [2.05, 4.69) is 20.8 Å². The van der Waals surface area contributed by atoms with Gasteiger partial charge in [-0.1, -0.05) is 20.8 Å². The SMILES string of the molecule is CCOC(=O)C(C)OC(=O)C(C)OC(=O)C(C)O[Si](C)(C)C(C)(C)C. The zero-order chi connectivity index (χ0) is 20.0. The normalized spacial score (nSPS) is 15.7. The van der Waals surface area contributed by atoms with E-state index in [0.717, 1.165) is 0 Å². The summed E-state index contributed by atoms with van der Waals surface area (Å²) in [7, 11) is -2.14. The second-order valence-electron chi connectivity index (χ2n) is 7.43. The maximum Gasteiger partial charge on any atom is 0.347 e. The van der Waals surface area contributed by atoms with E-state index in [-0.39, 0.29) is 11.6 Å². The van der Waals surface area contributed by atoms with Crippen molar-refractivity contribution in [2.24, 2.45) is 0 Å². The minimum absolute atomic E-state index is 0.0544. The topological polar surface area (TPSA) is 88.1 Å². The van der Waals surface area contributed by atoms with E-state index < -0.39 is 44.5 Å². The molecule has 0 aliphatic rings. The number of esters is 3. The van der Waals surface area contributed by atoms with Crippen LogP contribution in [0.2, 0.25) is 18.1 Å². The molecule has 0 bridgehead atoms. The van der Waals surface area contributed by atoms with Gasteiger partial charge in [-0.25, -0.2) is 14.4 Å². The largest absolute Gasteiger partial charge is 0.463 e. The number of carbonyl (C=O) groups is 3. The van der Waals surface area contributed by atoms with Crippen LogP contribution in [0, 0.1) is 0 Å². The van der Waals surface area contributed by atoms with Crippen LogP contribution in [0.3, 0.4) is 0 Å². The van der Waals surface area contributed by atoms with Crippen molar-refractivity contribution in [2.45, 2.75) is 84.9 Å². The Kier molecular flexibility index (Phi) is 8.80. The fourth-order valence-electron chi connectivity index (χ4n) is 1.56. The van der Waals surface area contributed by atoms with Crippen molar-refractivity contribution in [1.82, 2.24) is 0 Å². The minimum Gasteiger partial charge on any atom is -0.463 e. The minimum atomic E-state index is -2.14. The molecule has 146 valence electrons. The Morgan fingerprint density at radius 3 is 1.64 bits per heavy atom. The molecule has 0 fully saturated rings. The average molecular weight is 377 g/mol. The summed E-state index contributed by atoms with van der Waals surface area (Å²) in [5, 5.41) is -0.0544.